The molecule has 0 aliphatic carbocycles. The predicted octanol–water partition coefficient (Wildman–Crippen LogP) is 5.26. The van der Waals surface area contributed by atoms with Crippen LogP contribution in [0.4, 0.5) is 5.69 Å². The van der Waals surface area contributed by atoms with Gasteiger partial charge < -0.3 is 14.8 Å². The molecule has 5 nitrogen and oxygen atoms in total. The SMILES string of the molecule is CCOc1cc2c(cc1/C=C(/C#N)C(=O)Nc1c(Cl)cccc1Cl)OC(C)C2. The number of amides is 1. The van der Waals surface area contributed by atoms with Gasteiger partial charge in [0.25, 0.3) is 5.91 Å². The maximum Gasteiger partial charge on any atom is 0.266 e. The van der Waals surface area contributed by atoms with Gasteiger partial charge in [0.15, 0.2) is 0 Å². The van der Waals surface area contributed by atoms with Crippen LogP contribution in [-0.2, 0) is 11.2 Å². The number of hydrogen-bond donors (Lipinski definition) is 1. The number of carbonyl (C=O) groups excluding carboxylic acids is 1. The van der Waals surface area contributed by atoms with Crippen LogP contribution in [0.2, 0.25) is 10.0 Å². The highest BCUT2D eigenvalue weighted by Gasteiger charge is 2.22. The largest absolute Gasteiger partial charge is 0.493 e. The van der Waals surface area contributed by atoms with Crippen molar-refractivity contribution in [2.24, 2.45) is 0 Å². The number of rotatable bonds is 5. The van der Waals surface area contributed by atoms with Crippen LogP contribution in [0.3, 0.4) is 0 Å². The molecule has 144 valence electrons. The summed E-state index contributed by atoms with van der Waals surface area (Å²) in [5.41, 5.74) is 1.78. The summed E-state index contributed by atoms with van der Waals surface area (Å²) < 4.78 is 11.5. The zero-order chi connectivity index (χ0) is 20.3. The van der Waals surface area contributed by atoms with Gasteiger partial charge in [0.2, 0.25) is 0 Å². The van der Waals surface area contributed by atoms with Gasteiger partial charge in [0, 0.05) is 17.5 Å². The molecule has 7 heteroatoms. The fourth-order valence-corrected chi connectivity index (χ4v) is 3.44. The molecule has 1 aliphatic heterocycles. The van der Waals surface area contributed by atoms with Crippen molar-refractivity contribution in [1.29, 1.82) is 5.26 Å². The molecule has 0 bridgehead atoms. The molecule has 0 fully saturated rings. The number of benzene rings is 2. The maximum absolute atomic E-state index is 12.6. The van der Waals surface area contributed by atoms with E-state index >= 15 is 0 Å². The molecule has 1 atom stereocenters. The van der Waals surface area contributed by atoms with Crippen LogP contribution in [-0.4, -0.2) is 18.6 Å². The number of carbonyl (C=O) groups is 1. The third-order valence-corrected chi connectivity index (χ3v) is 4.82. The van der Waals surface area contributed by atoms with E-state index in [1.807, 2.05) is 26.0 Å². The number of nitrogens with one attached hydrogen (secondary N) is 1. The van der Waals surface area contributed by atoms with Crippen molar-refractivity contribution in [1.82, 2.24) is 0 Å². The lowest BCUT2D eigenvalue weighted by Crippen LogP contribution is -2.14. The lowest BCUT2D eigenvalue weighted by atomic mass is 10.0. The van der Waals surface area contributed by atoms with Crippen molar-refractivity contribution in [3.05, 3.63) is 57.1 Å². The average molecular weight is 417 g/mol. The van der Waals surface area contributed by atoms with Crippen molar-refractivity contribution < 1.29 is 14.3 Å². The molecule has 0 saturated carbocycles. The van der Waals surface area contributed by atoms with Gasteiger partial charge in [-0.3, -0.25) is 4.79 Å². The number of para-hydroxylation sites is 1. The minimum atomic E-state index is -0.616. The van der Waals surface area contributed by atoms with Crippen LogP contribution in [0.15, 0.2) is 35.9 Å². The number of halogens is 2. The number of nitrogens with zero attached hydrogens (tertiary/aromatic N) is 1. The highest BCUT2D eigenvalue weighted by Crippen LogP contribution is 2.36. The van der Waals surface area contributed by atoms with E-state index in [9.17, 15) is 10.1 Å². The van der Waals surface area contributed by atoms with Crippen molar-refractivity contribution in [3.63, 3.8) is 0 Å². The van der Waals surface area contributed by atoms with Gasteiger partial charge in [0.05, 0.1) is 22.3 Å². The van der Waals surface area contributed by atoms with Crippen LogP contribution in [0.25, 0.3) is 6.08 Å². The van der Waals surface area contributed by atoms with E-state index in [2.05, 4.69) is 5.32 Å². The van der Waals surface area contributed by atoms with Crippen molar-refractivity contribution >= 4 is 40.9 Å². The Hall–Kier alpha value is -2.68. The van der Waals surface area contributed by atoms with E-state index in [1.165, 1.54) is 6.08 Å². The van der Waals surface area contributed by atoms with E-state index < -0.39 is 5.91 Å². The minimum absolute atomic E-state index is 0.0739. The Morgan fingerprint density at radius 3 is 2.75 bits per heavy atom. The second kappa shape index (κ2) is 8.55. The first-order valence-corrected chi connectivity index (χ1v) is 9.52. The molecule has 0 radical (unpaired) electrons. The summed E-state index contributed by atoms with van der Waals surface area (Å²) >= 11 is 12.2. The van der Waals surface area contributed by atoms with Gasteiger partial charge >= 0.3 is 0 Å². The summed E-state index contributed by atoms with van der Waals surface area (Å²) in [4.78, 5) is 12.6. The van der Waals surface area contributed by atoms with Crippen molar-refractivity contribution in [3.8, 4) is 17.6 Å². The number of hydrogen-bond acceptors (Lipinski definition) is 4. The summed E-state index contributed by atoms with van der Waals surface area (Å²) in [6.07, 6.45) is 2.33. The van der Waals surface area contributed by atoms with Gasteiger partial charge in [0.1, 0.15) is 29.2 Å². The lowest BCUT2D eigenvalue weighted by Gasteiger charge is -2.11. The highest BCUT2D eigenvalue weighted by atomic mass is 35.5. The molecule has 1 aliphatic rings. The second-order valence-corrected chi connectivity index (χ2v) is 7.10. The number of fused-ring (bicyclic) bond motifs is 1. The first-order chi connectivity index (χ1) is 13.4. The Balaban J connectivity index is 1.95. The molecule has 1 N–H and O–H groups in total. The summed E-state index contributed by atoms with van der Waals surface area (Å²) in [6.45, 7) is 4.31. The Bertz CT molecular complexity index is 976. The van der Waals surface area contributed by atoms with Crippen LogP contribution in [0.5, 0.6) is 11.5 Å². The molecule has 1 unspecified atom stereocenters. The average Bonchev–Trinajstić information content (AvgIpc) is 3.01. The van der Waals surface area contributed by atoms with Crippen LogP contribution in [0, 0.1) is 11.3 Å². The maximum atomic E-state index is 12.6. The van der Waals surface area contributed by atoms with E-state index in [1.54, 1.807) is 24.3 Å². The summed E-state index contributed by atoms with van der Waals surface area (Å²) in [5, 5.41) is 12.7. The summed E-state index contributed by atoms with van der Waals surface area (Å²) in [5.74, 6) is 0.707. The van der Waals surface area contributed by atoms with Gasteiger partial charge in [-0.05, 0) is 44.2 Å². The van der Waals surface area contributed by atoms with Gasteiger partial charge in [-0.1, -0.05) is 29.3 Å². The first kappa shape index (κ1) is 20.1. The zero-order valence-electron chi connectivity index (χ0n) is 15.4. The van der Waals surface area contributed by atoms with Gasteiger partial charge in [-0.25, -0.2) is 0 Å². The van der Waals surface area contributed by atoms with E-state index in [-0.39, 0.29) is 27.4 Å². The molecule has 2 aromatic rings. The molecular weight excluding hydrogens is 399 g/mol. The van der Waals surface area contributed by atoms with E-state index in [0.717, 1.165) is 17.7 Å². The van der Waals surface area contributed by atoms with Crippen LogP contribution in [0.1, 0.15) is 25.0 Å². The molecule has 0 aromatic heterocycles. The Labute approximate surface area is 173 Å². The number of nitriles is 1. The van der Waals surface area contributed by atoms with Crippen LogP contribution >= 0.6 is 23.2 Å². The molecule has 3 rings (SSSR count). The molecule has 1 amide bonds. The molecule has 28 heavy (non-hydrogen) atoms. The minimum Gasteiger partial charge on any atom is -0.493 e. The fraction of sp³-hybridized carbons (Fsp3) is 0.238. The number of anilines is 1. The smallest absolute Gasteiger partial charge is 0.266 e. The van der Waals surface area contributed by atoms with Gasteiger partial charge in [-0.2, -0.15) is 5.26 Å². The van der Waals surface area contributed by atoms with Crippen LogP contribution < -0.4 is 14.8 Å². The third-order valence-electron chi connectivity index (χ3n) is 4.19. The quantitative estimate of drug-likeness (QED) is 0.532. The zero-order valence-corrected chi connectivity index (χ0v) is 16.9. The highest BCUT2D eigenvalue weighted by molar-refractivity contribution is 6.40. The molecule has 2 aromatic carbocycles. The van der Waals surface area contributed by atoms with Crippen molar-refractivity contribution in [2.75, 3.05) is 11.9 Å². The normalized spacial score (nSPS) is 15.4. The Morgan fingerprint density at radius 1 is 1.39 bits per heavy atom. The topological polar surface area (TPSA) is 71.3 Å². The standard InChI is InChI=1S/C21H18Cl2N2O3/c1-3-27-18-9-13-7-12(2)28-19(13)10-14(18)8-15(11-24)21(26)25-20-16(22)5-4-6-17(20)23/h4-6,8-10,12H,3,7H2,1-2H3,(H,25,26)/b15-8-. The number of ether oxygens (including phenoxy) is 2. The Morgan fingerprint density at radius 2 is 2.11 bits per heavy atom. The Kier molecular flexibility index (Phi) is 6.13. The van der Waals surface area contributed by atoms with Crippen molar-refractivity contribution in [2.45, 2.75) is 26.4 Å². The monoisotopic (exact) mass is 416 g/mol. The lowest BCUT2D eigenvalue weighted by molar-refractivity contribution is -0.112. The first-order valence-electron chi connectivity index (χ1n) is 8.76. The van der Waals surface area contributed by atoms with Gasteiger partial charge in [-0.15, -0.1) is 0 Å². The molecule has 0 saturated heterocycles. The van der Waals surface area contributed by atoms with E-state index in [4.69, 9.17) is 32.7 Å². The summed E-state index contributed by atoms with van der Waals surface area (Å²) in [7, 11) is 0. The molecular formula is C21H18Cl2N2O3. The molecule has 1 heterocycles. The fourth-order valence-electron chi connectivity index (χ4n) is 2.95. The van der Waals surface area contributed by atoms with E-state index in [0.29, 0.717) is 17.9 Å². The third kappa shape index (κ3) is 4.24. The molecule has 0 spiro atoms. The second-order valence-electron chi connectivity index (χ2n) is 6.28. The summed E-state index contributed by atoms with van der Waals surface area (Å²) in [6, 6.07) is 10.5. The predicted molar refractivity (Wildman–Crippen MR) is 110 cm³/mol.